The molecule has 0 saturated carbocycles. The molecule has 2 rings (SSSR count). The Kier molecular flexibility index (Phi) is 4.04. The highest BCUT2D eigenvalue weighted by Gasteiger charge is 2.07. The highest BCUT2D eigenvalue weighted by atomic mass is 32.1. The minimum absolute atomic E-state index is 0.0625. The highest BCUT2D eigenvalue weighted by molar-refractivity contribution is 7.15. The maximum absolute atomic E-state index is 11.5. The number of phenolic OH excluding ortho intramolecular Hbond substituents is 1. The van der Waals surface area contributed by atoms with E-state index in [4.69, 9.17) is 5.73 Å². The zero-order chi connectivity index (χ0) is 13.7. The predicted octanol–water partition coefficient (Wildman–Crippen LogP) is 0.519. The van der Waals surface area contributed by atoms with Crippen LogP contribution in [0.4, 0.5) is 5.13 Å². The number of carbonyl (C=O) groups is 1. The van der Waals surface area contributed by atoms with Gasteiger partial charge in [0, 0.05) is 5.56 Å². The molecule has 1 aromatic heterocycles. The maximum atomic E-state index is 11.5. The second-order valence-corrected chi connectivity index (χ2v) is 4.66. The molecule has 0 spiro atoms. The summed E-state index contributed by atoms with van der Waals surface area (Å²) in [5.74, 6) is -0.236. The number of nitrogens with one attached hydrogen (secondary N) is 1. The van der Waals surface area contributed by atoms with Crippen molar-refractivity contribution in [3.8, 4) is 5.75 Å². The quantitative estimate of drug-likeness (QED) is 0.557. The fourth-order valence-electron chi connectivity index (χ4n) is 1.29. The van der Waals surface area contributed by atoms with Gasteiger partial charge in [-0.15, -0.1) is 10.2 Å². The molecule has 0 fully saturated rings. The van der Waals surface area contributed by atoms with Crippen LogP contribution in [0.15, 0.2) is 29.4 Å². The maximum Gasteiger partial charge on any atom is 0.247 e. The number of benzene rings is 1. The summed E-state index contributed by atoms with van der Waals surface area (Å²) in [6.07, 6.45) is 1.43. The SMILES string of the molecule is Nc1nnc(CC(=O)N/N=C/c2ccccc2O)s1. The largest absolute Gasteiger partial charge is 0.507 e. The van der Waals surface area contributed by atoms with Crippen molar-refractivity contribution in [3.05, 3.63) is 34.8 Å². The van der Waals surface area contributed by atoms with Crippen LogP contribution < -0.4 is 11.2 Å². The Balaban J connectivity index is 1.88. The average molecular weight is 277 g/mol. The van der Waals surface area contributed by atoms with Crippen molar-refractivity contribution in [1.82, 2.24) is 15.6 Å². The van der Waals surface area contributed by atoms with E-state index in [-0.39, 0.29) is 18.1 Å². The van der Waals surface area contributed by atoms with Gasteiger partial charge in [0.05, 0.1) is 12.6 Å². The highest BCUT2D eigenvalue weighted by Crippen LogP contribution is 2.13. The van der Waals surface area contributed by atoms with Crippen LogP contribution in [0.25, 0.3) is 0 Å². The third-order valence-corrected chi connectivity index (χ3v) is 2.88. The number of rotatable bonds is 4. The first-order chi connectivity index (χ1) is 9.15. The normalized spacial score (nSPS) is 10.7. The molecule has 0 aliphatic heterocycles. The van der Waals surface area contributed by atoms with Gasteiger partial charge in [0.25, 0.3) is 0 Å². The summed E-state index contributed by atoms with van der Waals surface area (Å²) in [7, 11) is 0. The molecule has 0 radical (unpaired) electrons. The Bertz CT molecular complexity index is 611. The van der Waals surface area contributed by atoms with E-state index in [1.807, 2.05) is 0 Å². The Morgan fingerprint density at radius 2 is 2.26 bits per heavy atom. The molecule has 8 heteroatoms. The van der Waals surface area contributed by atoms with Crippen LogP contribution in [0.2, 0.25) is 0 Å². The van der Waals surface area contributed by atoms with E-state index in [2.05, 4.69) is 20.7 Å². The minimum atomic E-state index is -0.331. The third kappa shape index (κ3) is 3.75. The average Bonchev–Trinajstić information content (AvgIpc) is 2.77. The van der Waals surface area contributed by atoms with Crippen molar-refractivity contribution in [2.45, 2.75) is 6.42 Å². The number of nitrogens with zero attached hydrogens (tertiary/aromatic N) is 3. The number of amides is 1. The molecule has 1 heterocycles. The van der Waals surface area contributed by atoms with Crippen molar-refractivity contribution in [1.29, 1.82) is 0 Å². The summed E-state index contributed by atoms with van der Waals surface area (Å²) < 4.78 is 0. The molecule has 0 saturated heterocycles. The van der Waals surface area contributed by atoms with Gasteiger partial charge in [0.1, 0.15) is 10.8 Å². The number of hydrogen-bond acceptors (Lipinski definition) is 7. The summed E-state index contributed by atoms with van der Waals surface area (Å²) in [6, 6.07) is 6.67. The molecule has 0 aliphatic rings. The first kappa shape index (κ1) is 13.0. The lowest BCUT2D eigenvalue weighted by atomic mass is 10.2. The molecule has 1 aromatic carbocycles. The van der Waals surface area contributed by atoms with Gasteiger partial charge in [0.15, 0.2) is 0 Å². The number of hydrogen-bond donors (Lipinski definition) is 3. The van der Waals surface area contributed by atoms with E-state index < -0.39 is 0 Å². The van der Waals surface area contributed by atoms with Crippen molar-refractivity contribution in [3.63, 3.8) is 0 Å². The van der Waals surface area contributed by atoms with Crippen LogP contribution in [0.5, 0.6) is 5.75 Å². The molecule has 7 nitrogen and oxygen atoms in total. The summed E-state index contributed by atoms with van der Waals surface area (Å²) in [5, 5.41) is 21.4. The van der Waals surface area contributed by atoms with Gasteiger partial charge in [-0.25, -0.2) is 5.43 Å². The van der Waals surface area contributed by atoms with Crippen molar-refractivity contribution in [2.75, 3.05) is 5.73 Å². The first-order valence-electron chi connectivity index (χ1n) is 5.33. The van der Waals surface area contributed by atoms with Gasteiger partial charge < -0.3 is 10.8 Å². The number of nitrogens with two attached hydrogens (primary N) is 1. The van der Waals surface area contributed by atoms with Gasteiger partial charge in [-0.1, -0.05) is 23.5 Å². The van der Waals surface area contributed by atoms with Gasteiger partial charge in [-0.3, -0.25) is 4.79 Å². The third-order valence-electron chi connectivity index (χ3n) is 2.12. The summed E-state index contributed by atoms with van der Waals surface area (Å²) in [6.45, 7) is 0. The second kappa shape index (κ2) is 5.91. The molecule has 2 aromatic rings. The van der Waals surface area contributed by atoms with Crippen LogP contribution >= 0.6 is 11.3 Å². The number of para-hydroxylation sites is 1. The summed E-state index contributed by atoms with van der Waals surface area (Å²) in [5.41, 5.74) is 8.25. The van der Waals surface area contributed by atoms with E-state index in [9.17, 15) is 9.90 Å². The number of aromatic hydroxyl groups is 1. The molecule has 98 valence electrons. The molecule has 0 bridgehead atoms. The smallest absolute Gasteiger partial charge is 0.247 e. The van der Waals surface area contributed by atoms with Gasteiger partial charge in [-0.05, 0) is 12.1 Å². The zero-order valence-electron chi connectivity index (χ0n) is 9.78. The molecular formula is C11H11N5O2S. The number of aromatic nitrogens is 2. The van der Waals surface area contributed by atoms with Crippen molar-refractivity contribution in [2.24, 2.45) is 5.10 Å². The number of carbonyl (C=O) groups excluding carboxylic acids is 1. The summed E-state index contributed by atoms with van der Waals surface area (Å²) in [4.78, 5) is 11.5. The number of hydrazone groups is 1. The Labute approximate surface area is 112 Å². The summed E-state index contributed by atoms with van der Waals surface area (Å²) >= 11 is 1.15. The lowest BCUT2D eigenvalue weighted by molar-refractivity contribution is -0.120. The van der Waals surface area contributed by atoms with E-state index >= 15 is 0 Å². The second-order valence-electron chi connectivity index (χ2n) is 3.56. The van der Waals surface area contributed by atoms with Gasteiger partial charge >= 0.3 is 0 Å². The zero-order valence-corrected chi connectivity index (χ0v) is 10.6. The molecule has 4 N–H and O–H groups in total. The monoisotopic (exact) mass is 277 g/mol. The van der Waals surface area contributed by atoms with Crippen LogP contribution in [0.3, 0.4) is 0 Å². The number of anilines is 1. The van der Waals surface area contributed by atoms with Gasteiger partial charge in [-0.2, -0.15) is 5.10 Å². The van der Waals surface area contributed by atoms with Crippen LogP contribution in [-0.4, -0.2) is 27.4 Å². The number of nitrogen functional groups attached to an aromatic ring is 1. The minimum Gasteiger partial charge on any atom is -0.507 e. The lowest BCUT2D eigenvalue weighted by Gasteiger charge is -1.98. The molecule has 19 heavy (non-hydrogen) atoms. The molecule has 0 atom stereocenters. The topological polar surface area (TPSA) is 113 Å². The number of phenols is 1. The molecule has 0 aliphatic carbocycles. The standard InChI is InChI=1S/C11H11N5O2S/c12-11-16-15-10(19-11)5-9(18)14-13-6-7-3-1-2-4-8(7)17/h1-4,6,17H,5H2,(H2,12,16)(H,14,18)/b13-6+. The van der Waals surface area contributed by atoms with Crippen LogP contribution in [0.1, 0.15) is 10.6 Å². The van der Waals surface area contributed by atoms with E-state index in [1.165, 1.54) is 12.3 Å². The van der Waals surface area contributed by atoms with Gasteiger partial charge in [0.2, 0.25) is 11.0 Å². The van der Waals surface area contributed by atoms with E-state index in [0.29, 0.717) is 15.7 Å². The first-order valence-corrected chi connectivity index (χ1v) is 6.14. The molecular weight excluding hydrogens is 266 g/mol. The predicted molar refractivity (Wildman–Crippen MR) is 71.9 cm³/mol. The Hall–Kier alpha value is -2.48. The fourth-order valence-corrected chi connectivity index (χ4v) is 1.89. The Morgan fingerprint density at radius 1 is 1.47 bits per heavy atom. The molecule has 0 unspecified atom stereocenters. The Morgan fingerprint density at radius 3 is 2.95 bits per heavy atom. The molecule has 1 amide bonds. The fraction of sp³-hybridized carbons (Fsp3) is 0.0909. The van der Waals surface area contributed by atoms with E-state index in [1.54, 1.807) is 18.2 Å². The van der Waals surface area contributed by atoms with Crippen LogP contribution in [0, 0.1) is 0 Å². The van der Waals surface area contributed by atoms with E-state index in [0.717, 1.165) is 11.3 Å². The van der Waals surface area contributed by atoms with Crippen LogP contribution in [-0.2, 0) is 11.2 Å². The van der Waals surface area contributed by atoms with Crippen molar-refractivity contribution < 1.29 is 9.90 Å². The lowest BCUT2D eigenvalue weighted by Crippen LogP contribution is -2.19. The van der Waals surface area contributed by atoms with Crippen molar-refractivity contribution >= 4 is 28.6 Å².